The largest absolute Gasteiger partial charge is 0.397 e. The molecule has 0 radical (unpaired) electrons. The molecule has 4 heteroatoms. The second-order valence-corrected chi connectivity index (χ2v) is 3.34. The molecule has 74 valence electrons. The fraction of sp³-hybridized carbons (Fsp3) is 0.667. The molecule has 1 aromatic rings. The van der Waals surface area contributed by atoms with Gasteiger partial charge in [0, 0.05) is 6.04 Å². The fourth-order valence-corrected chi connectivity index (χ4v) is 0.906. The van der Waals surface area contributed by atoms with Gasteiger partial charge in [0.25, 0.3) is 0 Å². The predicted octanol–water partition coefficient (Wildman–Crippen LogP) is 0.652. The van der Waals surface area contributed by atoms with E-state index in [0.717, 1.165) is 6.42 Å². The highest BCUT2D eigenvalue weighted by Crippen LogP contribution is 1.96. The normalized spacial score (nSPS) is 13.2. The number of nitrogens with zero attached hydrogens (tertiary/aromatic N) is 3. The Kier molecular flexibility index (Phi) is 3.76. The molecule has 13 heavy (non-hydrogen) atoms. The molecule has 0 amide bonds. The smallest absolute Gasteiger partial charge is 0.118 e. The van der Waals surface area contributed by atoms with Gasteiger partial charge < -0.3 is 9.74 Å². The molecular formula is C9H17N3O. The molecule has 1 atom stereocenters. The van der Waals surface area contributed by atoms with Crippen molar-refractivity contribution >= 4 is 0 Å². The topological polar surface area (TPSA) is 30.3 Å². The number of hydrogen-bond acceptors (Lipinski definition) is 3. The Bertz CT molecular complexity index is 221. The maximum atomic E-state index is 5.35. The van der Waals surface area contributed by atoms with E-state index in [1.807, 2.05) is 6.07 Å². The predicted molar refractivity (Wildman–Crippen MR) is 51.4 cm³/mol. The summed E-state index contributed by atoms with van der Waals surface area (Å²) < 4.78 is 0. The third-order valence-electron chi connectivity index (χ3n) is 2.12. The second kappa shape index (κ2) is 4.87. The molecule has 0 bridgehead atoms. The van der Waals surface area contributed by atoms with Crippen molar-refractivity contribution in [2.75, 3.05) is 20.7 Å². The van der Waals surface area contributed by atoms with Gasteiger partial charge in [0.15, 0.2) is 0 Å². The number of aromatic nitrogens is 2. The van der Waals surface area contributed by atoms with Crippen LogP contribution < -0.4 is 4.84 Å². The molecule has 1 heterocycles. The lowest BCUT2D eigenvalue weighted by Crippen LogP contribution is -2.27. The van der Waals surface area contributed by atoms with Crippen molar-refractivity contribution in [3.05, 3.63) is 18.5 Å². The van der Waals surface area contributed by atoms with E-state index in [-0.39, 0.29) is 0 Å². The van der Waals surface area contributed by atoms with Crippen LogP contribution in [0.4, 0.5) is 0 Å². The van der Waals surface area contributed by atoms with E-state index in [0.29, 0.717) is 12.6 Å². The average Bonchev–Trinajstić information content (AvgIpc) is 2.56. The molecule has 0 aliphatic heterocycles. The Morgan fingerprint density at radius 3 is 2.85 bits per heavy atom. The highest BCUT2D eigenvalue weighted by atomic mass is 16.7. The van der Waals surface area contributed by atoms with Gasteiger partial charge in [-0.05, 0) is 33.5 Å². The van der Waals surface area contributed by atoms with E-state index < -0.39 is 0 Å². The maximum Gasteiger partial charge on any atom is 0.118 e. The van der Waals surface area contributed by atoms with Crippen molar-refractivity contribution in [1.29, 1.82) is 0 Å². The molecule has 0 saturated carbocycles. The van der Waals surface area contributed by atoms with Crippen LogP contribution in [0.5, 0.6) is 0 Å². The first-order valence-corrected chi connectivity index (χ1v) is 4.49. The molecule has 0 aliphatic rings. The summed E-state index contributed by atoms with van der Waals surface area (Å²) in [5, 5.41) is 3.94. The molecule has 1 rings (SSSR count). The Hall–Kier alpha value is -1.03. The van der Waals surface area contributed by atoms with Gasteiger partial charge in [0.2, 0.25) is 0 Å². The van der Waals surface area contributed by atoms with Crippen molar-refractivity contribution in [2.45, 2.75) is 19.4 Å². The Balaban J connectivity index is 2.14. The van der Waals surface area contributed by atoms with Crippen LogP contribution in [0.3, 0.4) is 0 Å². The Morgan fingerprint density at radius 1 is 1.54 bits per heavy atom. The lowest BCUT2D eigenvalue weighted by Gasteiger charge is -2.19. The van der Waals surface area contributed by atoms with Gasteiger partial charge in [-0.2, -0.15) is 0 Å². The molecule has 0 saturated heterocycles. The zero-order valence-electron chi connectivity index (χ0n) is 8.47. The van der Waals surface area contributed by atoms with E-state index in [1.54, 1.807) is 12.4 Å². The van der Waals surface area contributed by atoms with Gasteiger partial charge in [0.1, 0.15) is 6.61 Å². The Morgan fingerprint density at radius 2 is 2.31 bits per heavy atom. The summed E-state index contributed by atoms with van der Waals surface area (Å²) in [7, 11) is 4.14. The van der Waals surface area contributed by atoms with Crippen LogP contribution in [-0.2, 0) is 0 Å². The summed E-state index contributed by atoms with van der Waals surface area (Å²) in [6.45, 7) is 2.87. The molecule has 0 aliphatic carbocycles. The van der Waals surface area contributed by atoms with Crippen LogP contribution in [0.2, 0.25) is 0 Å². The van der Waals surface area contributed by atoms with E-state index in [1.165, 1.54) is 4.85 Å². The first-order chi connectivity index (χ1) is 6.20. The molecule has 0 fully saturated rings. The second-order valence-electron chi connectivity index (χ2n) is 3.34. The van der Waals surface area contributed by atoms with Crippen LogP contribution in [0, 0.1) is 0 Å². The lowest BCUT2D eigenvalue weighted by molar-refractivity contribution is 0.0692. The van der Waals surface area contributed by atoms with E-state index in [4.69, 9.17) is 4.84 Å². The van der Waals surface area contributed by atoms with Crippen LogP contribution in [0.15, 0.2) is 18.5 Å². The minimum atomic E-state index is 0.538. The number of rotatable bonds is 5. The molecular weight excluding hydrogens is 166 g/mol. The van der Waals surface area contributed by atoms with Crippen LogP contribution in [-0.4, -0.2) is 41.6 Å². The summed E-state index contributed by atoms with van der Waals surface area (Å²) in [4.78, 5) is 9.01. The monoisotopic (exact) mass is 183 g/mol. The zero-order valence-corrected chi connectivity index (χ0v) is 8.47. The van der Waals surface area contributed by atoms with Crippen molar-refractivity contribution < 1.29 is 4.84 Å². The van der Waals surface area contributed by atoms with Crippen LogP contribution in [0.25, 0.3) is 0 Å². The van der Waals surface area contributed by atoms with Crippen molar-refractivity contribution in [3.63, 3.8) is 0 Å². The third kappa shape index (κ3) is 3.46. The summed E-state index contributed by atoms with van der Waals surface area (Å²) in [5.41, 5.74) is 0. The number of hydrogen-bond donors (Lipinski definition) is 0. The van der Waals surface area contributed by atoms with E-state index in [9.17, 15) is 0 Å². The highest BCUT2D eigenvalue weighted by molar-refractivity contribution is 4.75. The minimum Gasteiger partial charge on any atom is -0.397 e. The third-order valence-corrected chi connectivity index (χ3v) is 2.12. The van der Waals surface area contributed by atoms with Gasteiger partial charge in [-0.25, -0.2) is 0 Å². The summed E-state index contributed by atoms with van der Waals surface area (Å²) >= 11 is 0. The molecule has 0 aromatic carbocycles. The molecule has 0 spiro atoms. The standard InChI is InChI=1S/C9H17N3O/c1-9(11(2)3)5-8-13-12-7-4-6-10-12/h4,6-7,9H,5,8H2,1-3H3/t9-/m1/s1. The first-order valence-electron chi connectivity index (χ1n) is 4.49. The molecule has 0 N–H and O–H groups in total. The van der Waals surface area contributed by atoms with Crippen molar-refractivity contribution in [3.8, 4) is 0 Å². The van der Waals surface area contributed by atoms with E-state index >= 15 is 0 Å². The average molecular weight is 183 g/mol. The lowest BCUT2D eigenvalue weighted by atomic mass is 10.2. The van der Waals surface area contributed by atoms with Gasteiger partial charge in [-0.3, -0.25) is 0 Å². The summed E-state index contributed by atoms with van der Waals surface area (Å²) in [5.74, 6) is 0. The fourth-order valence-electron chi connectivity index (χ4n) is 0.906. The van der Waals surface area contributed by atoms with Gasteiger partial charge in [-0.15, -0.1) is 9.94 Å². The van der Waals surface area contributed by atoms with Gasteiger partial charge in [0.05, 0.1) is 12.4 Å². The van der Waals surface area contributed by atoms with Gasteiger partial charge in [-0.1, -0.05) is 0 Å². The molecule has 4 nitrogen and oxygen atoms in total. The van der Waals surface area contributed by atoms with Gasteiger partial charge >= 0.3 is 0 Å². The SMILES string of the molecule is C[C@H](CCOn1cccn1)N(C)C. The molecule has 0 unspecified atom stereocenters. The maximum absolute atomic E-state index is 5.35. The molecule has 1 aromatic heterocycles. The van der Waals surface area contributed by atoms with Crippen LogP contribution >= 0.6 is 0 Å². The van der Waals surface area contributed by atoms with E-state index in [2.05, 4.69) is 31.0 Å². The highest BCUT2D eigenvalue weighted by Gasteiger charge is 2.03. The Labute approximate surface area is 79.1 Å². The zero-order chi connectivity index (χ0) is 9.68. The van der Waals surface area contributed by atoms with Crippen molar-refractivity contribution in [2.24, 2.45) is 0 Å². The summed E-state index contributed by atoms with van der Waals surface area (Å²) in [6, 6.07) is 2.38. The summed E-state index contributed by atoms with van der Waals surface area (Å²) in [6.07, 6.45) is 4.50. The van der Waals surface area contributed by atoms with Crippen molar-refractivity contribution in [1.82, 2.24) is 14.8 Å². The van der Waals surface area contributed by atoms with Crippen LogP contribution in [0.1, 0.15) is 13.3 Å². The quantitative estimate of drug-likeness (QED) is 0.671. The first kappa shape index (κ1) is 10.1. The minimum absolute atomic E-state index is 0.538.